The van der Waals surface area contributed by atoms with Crippen LogP contribution in [0.2, 0.25) is 0 Å². The summed E-state index contributed by atoms with van der Waals surface area (Å²) in [5, 5.41) is 2.56. The second-order valence-electron chi connectivity index (χ2n) is 4.64. The van der Waals surface area contributed by atoms with Gasteiger partial charge in [0.15, 0.2) is 5.78 Å². The summed E-state index contributed by atoms with van der Waals surface area (Å²) in [6.45, 7) is 6.54. The van der Waals surface area contributed by atoms with Crippen molar-refractivity contribution < 1.29 is 19.1 Å². The Morgan fingerprint density at radius 1 is 1.24 bits per heavy atom. The highest BCUT2D eigenvalue weighted by molar-refractivity contribution is 5.88. The van der Waals surface area contributed by atoms with Crippen LogP contribution in [0.3, 0.4) is 0 Å². The first-order chi connectivity index (χ1) is 8.00. The van der Waals surface area contributed by atoms with Crippen LogP contribution >= 0.6 is 0 Å². The summed E-state index contributed by atoms with van der Waals surface area (Å²) in [6.07, 6.45) is 0.836. The van der Waals surface area contributed by atoms with Crippen LogP contribution in [0.25, 0.3) is 0 Å². The molecular formula is C12H21NO4. The maximum Gasteiger partial charge on any atom is 0.407 e. The Hall–Kier alpha value is -1.10. The van der Waals surface area contributed by atoms with Gasteiger partial charge in [-0.1, -0.05) is 13.8 Å². The molecule has 1 heterocycles. The zero-order chi connectivity index (χ0) is 12.8. The number of rotatable bonds is 4. The van der Waals surface area contributed by atoms with Crippen LogP contribution in [0.4, 0.5) is 4.79 Å². The van der Waals surface area contributed by atoms with Gasteiger partial charge in [-0.15, -0.1) is 0 Å². The van der Waals surface area contributed by atoms with E-state index in [0.29, 0.717) is 13.2 Å². The average Bonchev–Trinajstić information content (AvgIpc) is 2.28. The highest BCUT2D eigenvalue weighted by atomic mass is 16.6. The van der Waals surface area contributed by atoms with Gasteiger partial charge in [-0.05, 0) is 6.92 Å². The Morgan fingerprint density at radius 2 is 1.82 bits per heavy atom. The molecule has 1 unspecified atom stereocenters. The van der Waals surface area contributed by atoms with E-state index in [9.17, 15) is 9.59 Å². The van der Waals surface area contributed by atoms with Gasteiger partial charge in [0.05, 0.1) is 19.3 Å². The van der Waals surface area contributed by atoms with E-state index in [1.165, 1.54) is 0 Å². The number of Topliss-reactive ketones (excluding diaryl/α,β-unsaturated/α-hetero) is 1. The Balaban J connectivity index is 2.30. The zero-order valence-corrected chi connectivity index (χ0v) is 10.7. The third-order valence-electron chi connectivity index (χ3n) is 2.77. The van der Waals surface area contributed by atoms with Gasteiger partial charge in [0.2, 0.25) is 0 Å². The van der Waals surface area contributed by atoms with E-state index in [0.717, 1.165) is 12.8 Å². The topological polar surface area (TPSA) is 64.6 Å². The second-order valence-corrected chi connectivity index (χ2v) is 4.64. The summed E-state index contributed by atoms with van der Waals surface area (Å²) >= 11 is 0. The zero-order valence-electron chi connectivity index (χ0n) is 10.7. The molecule has 1 aliphatic rings. The first kappa shape index (κ1) is 14.0. The number of nitrogens with one attached hydrogen (secondary N) is 1. The van der Waals surface area contributed by atoms with Crippen molar-refractivity contribution in [2.75, 3.05) is 13.2 Å². The standard InChI is InChI=1S/C12H21NO4/c1-8(2)11(14)9(3)13-12(15)17-10-4-6-16-7-5-10/h8-10H,4-7H2,1-3H3,(H,13,15). The molecule has 17 heavy (non-hydrogen) atoms. The smallest absolute Gasteiger partial charge is 0.407 e. The molecule has 1 aliphatic heterocycles. The SMILES string of the molecule is CC(C)C(=O)C(C)NC(=O)OC1CCOCC1. The third-order valence-corrected chi connectivity index (χ3v) is 2.77. The highest BCUT2D eigenvalue weighted by Gasteiger charge is 2.22. The van der Waals surface area contributed by atoms with Crippen molar-refractivity contribution in [3.8, 4) is 0 Å². The predicted molar refractivity (Wildman–Crippen MR) is 62.8 cm³/mol. The van der Waals surface area contributed by atoms with Crippen LogP contribution in [-0.2, 0) is 14.3 Å². The number of amides is 1. The molecule has 98 valence electrons. The van der Waals surface area contributed by atoms with Crippen LogP contribution < -0.4 is 5.32 Å². The van der Waals surface area contributed by atoms with Crippen LogP contribution in [0.5, 0.6) is 0 Å². The van der Waals surface area contributed by atoms with Crippen LogP contribution in [-0.4, -0.2) is 37.2 Å². The summed E-state index contributed by atoms with van der Waals surface area (Å²) in [6, 6.07) is -0.498. The minimum absolute atomic E-state index is 0.00827. The van der Waals surface area contributed by atoms with Crippen molar-refractivity contribution in [3.05, 3.63) is 0 Å². The van der Waals surface area contributed by atoms with Gasteiger partial charge in [-0.2, -0.15) is 0 Å². The normalized spacial score (nSPS) is 18.8. The Morgan fingerprint density at radius 3 is 2.35 bits per heavy atom. The van der Waals surface area contributed by atoms with Gasteiger partial charge in [-0.3, -0.25) is 4.79 Å². The highest BCUT2D eigenvalue weighted by Crippen LogP contribution is 2.10. The Bertz CT molecular complexity index is 272. The van der Waals surface area contributed by atoms with Gasteiger partial charge in [0.25, 0.3) is 0 Å². The molecule has 0 aliphatic carbocycles. The molecule has 1 amide bonds. The number of alkyl carbamates (subject to hydrolysis) is 1. The van der Waals surface area contributed by atoms with Crippen molar-refractivity contribution >= 4 is 11.9 Å². The molecule has 0 spiro atoms. The molecule has 0 saturated carbocycles. The molecule has 1 saturated heterocycles. The lowest BCUT2D eigenvalue weighted by Crippen LogP contribution is -2.42. The molecule has 0 aromatic heterocycles. The third kappa shape index (κ3) is 4.73. The largest absolute Gasteiger partial charge is 0.446 e. The van der Waals surface area contributed by atoms with Crippen molar-refractivity contribution in [2.24, 2.45) is 5.92 Å². The number of ketones is 1. The molecule has 1 rings (SSSR count). The number of hydrogen-bond acceptors (Lipinski definition) is 4. The minimum atomic E-state index is -0.515. The van der Waals surface area contributed by atoms with Crippen LogP contribution in [0.15, 0.2) is 0 Å². The molecule has 0 aromatic rings. The van der Waals surface area contributed by atoms with Crippen LogP contribution in [0, 0.1) is 5.92 Å². The molecule has 1 fully saturated rings. The van der Waals surface area contributed by atoms with Crippen molar-refractivity contribution in [1.29, 1.82) is 0 Å². The van der Waals surface area contributed by atoms with Crippen molar-refractivity contribution in [3.63, 3.8) is 0 Å². The van der Waals surface area contributed by atoms with E-state index in [1.807, 2.05) is 13.8 Å². The summed E-state index contributed by atoms with van der Waals surface area (Å²) in [7, 11) is 0. The molecular weight excluding hydrogens is 222 g/mol. The van der Waals surface area contributed by atoms with E-state index >= 15 is 0 Å². The number of carbonyl (C=O) groups excluding carboxylic acids is 2. The lowest BCUT2D eigenvalue weighted by molar-refractivity contribution is -0.123. The first-order valence-corrected chi connectivity index (χ1v) is 6.09. The predicted octanol–water partition coefficient (Wildman–Crippen LogP) is 1.51. The summed E-state index contributed by atoms with van der Waals surface area (Å²) in [5.74, 6) is -0.0812. The Labute approximate surface area is 102 Å². The van der Waals surface area contributed by atoms with Crippen molar-refractivity contribution in [1.82, 2.24) is 5.32 Å². The lowest BCUT2D eigenvalue weighted by Gasteiger charge is -2.23. The van der Waals surface area contributed by atoms with Gasteiger partial charge >= 0.3 is 6.09 Å². The first-order valence-electron chi connectivity index (χ1n) is 6.09. The van der Waals surface area contributed by atoms with E-state index < -0.39 is 12.1 Å². The average molecular weight is 243 g/mol. The molecule has 1 N–H and O–H groups in total. The van der Waals surface area contributed by atoms with Crippen molar-refractivity contribution in [2.45, 2.75) is 45.8 Å². The van der Waals surface area contributed by atoms with E-state index in [1.54, 1.807) is 6.92 Å². The molecule has 5 heteroatoms. The van der Waals surface area contributed by atoms with Crippen LogP contribution in [0.1, 0.15) is 33.6 Å². The number of carbonyl (C=O) groups is 2. The lowest BCUT2D eigenvalue weighted by atomic mass is 10.0. The Kier molecular flexibility index (Phi) is 5.41. The summed E-state index contributed by atoms with van der Waals surface area (Å²) in [5.41, 5.74) is 0. The molecule has 0 radical (unpaired) electrons. The monoisotopic (exact) mass is 243 g/mol. The summed E-state index contributed by atoms with van der Waals surface area (Å²) < 4.78 is 10.4. The summed E-state index contributed by atoms with van der Waals surface area (Å²) in [4.78, 5) is 23.1. The second kappa shape index (κ2) is 6.59. The van der Waals surface area contributed by atoms with E-state index in [4.69, 9.17) is 9.47 Å². The maximum absolute atomic E-state index is 11.6. The number of hydrogen-bond donors (Lipinski definition) is 1. The quantitative estimate of drug-likeness (QED) is 0.812. The molecule has 1 atom stereocenters. The molecule has 5 nitrogen and oxygen atoms in total. The fourth-order valence-electron chi connectivity index (χ4n) is 1.73. The van der Waals surface area contributed by atoms with Gasteiger partial charge in [0.1, 0.15) is 6.10 Å². The minimum Gasteiger partial charge on any atom is -0.446 e. The fraction of sp³-hybridized carbons (Fsp3) is 0.833. The molecule has 0 bridgehead atoms. The van der Waals surface area contributed by atoms with E-state index in [2.05, 4.69) is 5.32 Å². The van der Waals surface area contributed by atoms with Gasteiger partial charge in [-0.25, -0.2) is 4.79 Å². The fourth-order valence-corrected chi connectivity index (χ4v) is 1.73. The van der Waals surface area contributed by atoms with Gasteiger partial charge < -0.3 is 14.8 Å². The van der Waals surface area contributed by atoms with Gasteiger partial charge in [0, 0.05) is 18.8 Å². The van der Waals surface area contributed by atoms with E-state index in [-0.39, 0.29) is 17.8 Å². The molecule has 0 aromatic carbocycles. The number of ether oxygens (including phenoxy) is 2. The maximum atomic E-state index is 11.6.